The van der Waals surface area contributed by atoms with Crippen LogP contribution in [-0.2, 0) is 4.79 Å². The summed E-state index contributed by atoms with van der Waals surface area (Å²) in [7, 11) is 1.78. The minimum atomic E-state index is -0.543. The van der Waals surface area contributed by atoms with Crippen LogP contribution in [0.5, 0.6) is 5.75 Å². The molecule has 7 nitrogen and oxygen atoms in total. The second kappa shape index (κ2) is 9.00. The lowest BCUT2D eigenvalue weighted by atomic mass is 10.2. The molecule has 0 spiro atoms. The van der Waals surface area contributed by atoms with Gasteiger partial charge in [0.05, 0.1) is 22.2 Å². The third-order valence-electron chi connectivity index (χ3n) is 3.33. The van der Waals surface area contributed by atoms with Crippen LogP contribution in [0.3, 0.4) is 0 Å². The van der Waals surface area contributed by atoms with Crippen molar-refractivity contribution in [2.24, 2.45) is 0 Å². The summed E-state index contributed by atoms with van der Waals surface area (Å²) >= 11 is 5.96. The van der Waals surface area contributed by atoms with Crippen molar-refractivity contribution >= 4 is 28.9 Å². The molecule has 0 heterocycles. The Balaban J connectivity index is 1.81. The first-order valence-electron chi connectivity index (χ1n) is 7.56. The molecule has 0 saturated heterocycles. The smallest absolute Gasteiger partial charge is 0.271 e. The second-order valence-corrected chi connectivity index (χ2v) is 5.78. The molecule has 0 bridgehead atoms. The van der Waals surface area contributed by atoms with Gasteiger partial charge in [0.1, 0.15) is 12.4 Å². The van der Waals surface area contributed by atoms with Crippen LogP contribution in [0.2, 0.25) is 5.02 Å². The number of benzene rings is 2. The lowest BCUT2D eigenvalue weighted by Gasteiger charge is -2.17. The number of likely N-dealkylation sites (N-methyl/N-ethyl adjacent to an activating group) is 1. The molecule has 2 rings (SSSR count). The van der Waals surface area contributed by atoms with Crippen molar-refractivity contribution in [3.05, 3.63) is 63.7 Å². The third kappa shape index (κ3) is 6.06. The SMILES string of the molecule is CN(CCOc1ccccc1)CC(=O)Nc1cc([N+](=O)[O-])ccc1Cl. The summed E-state index contributed by atoms with van der Waals surface area (Å²) in [5.74, 6) is 0.452. The predicted molar refractivity (Wildman–Crippen MR) is 96.2 cm³/mol. The highest BCUT2D eigenvalue weighted by molar-refractivity contribution is 6.33. The van der Waals surface area contributed by atoms with E-state index in [1.54, 1.807) is 11.9 Å². The van der Waals surface area contributed by atoms with Crippen LogP contribution in [0.1, 0.15) is 0 Å². The molecule has 2 aromatic carbocycles. The number of nitro groups is 1. The van der Waals surface area contributed by atoms with Crippen LogP contribution >= 0.6 is 11.6 Å². The number of hydrogen-bond acceptors (Lipinski definition) is 5. The molecule has 0 aromatic heterocycles. The van der Waals surface area contributed by atoms with Gasteiger partial charge in [0.15, 0.2) is 0 Å². The van der Waals surface area contributed by atoms with E-state index in [1.807, 2.05) is 30.3 Å². The number of ether oxygens (including phenoxy) is 1. The average Bonchev–Trinajstić information content (AvgIpc) is 2.57. The normalized spacial score (nSPS) is 10.5. The van der Waals surface area contributed by atoms with Crippen LogP contribution in [0, 0.1) is 10.1 Å². The molecular formula is C17H18ClN3O4. The summed E-state index contributed by atoms with van der Waals surface area (Å²) in [6, 6.07) is 13.3. The Morgan fingerprint density at radius 1 is 1.28 bits per heavy atom. The number of anilines is 1. The fourth-order valence-corrected chi connectivity index (χ4v) is 2.24. The van der Waals surface area contributed by atoms with Gasteiger partial charge in [0, 0.05) is 18.7 Å². The fraction of sp³-hybridized carbons (Fsp3) is 0.235. The first kappa shape index (κ1) is 18.7. The summed E-state index contributed by atoms with van der Waals surface area (Å²) in [5, 5.41) is 13.6. The first-order chi connectivity index (χ1) is 12.0. The molecule has 0 radical (unpaired) electrons. The lowest BCUT2D eigenvalue weighted by molar-refractivity contribution is -0.384. The van der Waals surface area contributed by atoms with Gasteiger partial charge in [-0.2, -0.15) is 0 Å². The van der Waals surface area contributed by atoms with Gasteiger partial charge in [0.2, 0.25) is 5.91 Å². The van der Waals surface area contributed by atoms with Gasteiger partial charge in [-0.25, -0.2) is 0 Å². The zero-order chi connectivity index (χ0) is 18.2. The number of nitrogens with one attached hydrogen (secondary N) is 1. The molecule has 0 aliphatic carbocycles. The molecule has 0 atom stereocenters. The minimum absolute atomic E-state index is 0.108. The van der Waals surface area contributed by atoms with Gasteiger partial charge in [-0.15, -0.1) is 0 Å². The van der Waals surface area contributed by atoms with Crippen LogP contribution in [0.25, 0.3) is 0 Å². The summed E-state index contributed by atoms with van der Waals surface area (Å²) in [6.45, 7) is 1.09. The Bertz CT molecular complexity index is 740. The number of rotatable bonds is 8. The maximum Gasteiger partial charge on any atom is 0.271 e. The maximum absolute atomic E-state index is 12.1. The summed E-state index contributed by atoms with van der Waals surface area (Å²) < 4.78 is 5.57. The molecule has 132 valence electrons. The van der Waals surface area contributed by atoms with Crippen molar-refractivity contribution < 1.29 is 14.5 Å². The van der Waals surface area contributed by atoms with Gasteiger partial charge >= 0.3 is 0 Å². The first-order valence-corrected chi connectivity index (χ1v) is 7.93. The molecule has 0 aliphatic heterocycles. The van der Waals surface area contributed by atoms with Gasteiger partial charge in [-0.05, 0) is 25.2 Å². The Kier molecular flexibility index (Phi) is 6.73. The summed E-state index contributed by atoms with van der Waals surface area (Å²) in [5.41, 5.74) is 0.0825. The zero-order valence-electron chi connectivity index (χ0n) is 13.6. The van der Waals surface area contributed by atoms with E-state index in [0.717, 1.165) is 5.75 Å². The molecule has 25 heavy (non-hydrogen) atoms. The molecule has 0 saturated carbocycles. The van der Waals surface area contributed by atoms with Gasteiger partial charge in [-0.1, -0.05) is 29.8 Å². The predicted octanol–water partition coefficient (Wildman–Crippen LogP) is 3.20. The monoisotopic (exact) mass is 363 g/mol. The van der Waals surface area contributed by atoms with Gasteiger partial charge in [-0.3, -0.25) is 19.8 Å². The molecule has 8 heteroatoms. The quantitative estimate of drug-likeness (QED) is 0.575. The Morgan fingerprint density at radius 2 is 2.00 bits per heavy atom. The van der Waals surface area contributed by atoms with Crippen molar-refractivity contribution in [2.75, 3.05) is 32.1 Å². The van der Waals surface area contributed by atoms with Crippen molar-refractivity contribution in [3.63, 3.8) is 0 Å². The molecule has 0 unspecified atom stereocenters. The number of nitro benzene ring substituents is 1. The van der Waals surface area contributed by atoms with E-state index in [-0.39, 0.29) is 28.8 Å². The van der Waals surface area contributed by atoms with Crippen LogP contribution in [0.4, 0.5) is 11.4 Å². The highest BCUT2D eigenvalue weighted by Gasteiger charge is 2.13. The number of carbonyl (C=O) groups excluding carboxylic acids is 1. The Hall–Kier alpha value is -2.64. The van der Waals surface area contributed by atoms with E-state index in [0.29, 0.717) is 13.2 Å². The maximum atomic E-state index is 12.1. The van der Waals surface area contributed by atoms with Crippen molar-refractivity contribution in [3.8, 4) is 5.75 Å². The number of hydrogen-bond donors (Lipinski definition) is 1. The largest absolute Gasteiger partial charge is 0.492 e. The number of halogens is 1. The topological polar surface area (TPSA) is 84.7 Å². The number of carbonyl (C=O) groups is 1. The molecule has 1 N–H and O–H groups in total. The van der Waals surface area contributed by atoms with E-state index in [4.69, 9.17) is 16.3 Å². The summed E-state index contributed by atoms with van der Waals surface area (Å²) in [6.07, 6.45) is 0. The minimum Gasteiger partial charge on any atom is -0.492 e. The van der Waals surface area contributed by atoms with E-state index >= 15 is 0 Å². The summed E-state index contributed by atoms with van der Waals surface area (Å²) in [4.78, 5) is 24.1. The standard InChI is InChI=1S/C17H18ClN3O4/c1-20(9-10-25-14-5-3-2-4-6-14)12-17(22)19-16-11-13(21(23)24)7-8-15(16)18/h2-8,11H,9-10,12H2,1H3,(H,19,22). The molecule has 0 aliphatic rings. The van der Waals surface area contributed by atoms with Crippen LogP contribution < -0.4 is 10.1 Å². The van der Waals surface area contributed by atoms with Crippen molar-refractivity contribution in [1.29, 1.82) is 0 Å². The highest BCUT2D eigenvalue weighted by atomic mass is 35.5. The van der Waals surface area contributed by atoms with Crippen molar-refractivity contribution in [2.45, 2.75) is 0 Å². The van der Waals surface area contributed by atoms with Gasteiger partial charge in [0.25, 0.3) is 5.69 Å². The number of para-hydroxylation sites is 1. The van der Waals surface area contributed by atoms with E-state index in [9.17, 15) is 14.9 Å². The average molecular weight is 364 g/mol. The third-order valence-corrected chi connectivity index (χ3v) is 3.66. The Labute approximate surface area is 150 Å². The van der Waals surface area contributed by atoms with E-state index < -0.39 is 4.92 Å². The van der Waals surface area contributed by atoms with Gasteiger partial charge < -0.3 is 10.1 Å². The molecule has 1 amide bonds. The lowest BCUT2D eigenvalue weighted by Crippen LogP contribution is -2.33. The zero-order valence-corrected chi connectivity index (χ0v) is 14.4. The fourth-order valence-electron chi connectivity index (χ4n) is 2.07. The number of amides is 1. The molecule has 0 fully saturated rings. The second-order valence-electron chi connectivity index (χ2n) is 5.37. The van der Waals surface area contributed by atoms with E-state index in [2.05, 4.69) is 5.32 Å². The Morgan fingerprint density at radius 3 is 2.68 bits per heavy atom. The van der Waals surface area contributed by atoms with E-state index in [1.165, 1.54) is 18.2 Å². The number of non-ortho nitro benzene ring substituents is 1. The molecule has 2 aromatic rings. The highest BCUT2D eigenvalue weighted by Crippen LogP contribution is 2.26. The van der Waals surface area contributed by atoms with Crippen LogP contribution in [-0.4, -0.2) is 42.5 Å². The molecular weight excluding hydrogens is 346 g/mol. The van der Waals surface area contributed by atoms with Crippen LogP contribution in [0.15, 0.2) is 48.5 Å². The number of nitrogens with zero attached hydrogens (tertiary/aromatic N) is 2. The van der Waals surface area contributed by atoms with Crippen molar-refractivity contribution in [1.82, 2.24) is 4.90 Å².